The van der Waals surface area contributed by atoms with Crippen LogP contribution >= 0.6 is 0 Å². The Balaban J connectivity index is 2.33. The van der Waals surface area contributed by atoms with Crippen LogP contribution in [0.1, 0.15) is 34.7 Å². The van der Waals surface area contributed by atoms with Crippen LogP contribution < -0.4 is 0 Å². The van der Waals surface area contributed by atoms with E-state index in [2.05, 4.69) is 0 Å². The molecule has 1 heterocycles. The highest BCUT2D eigenvalue weighted by Gasteiger charge is 2.29. The molecule has 1 N–H and O–H groups in total. The summed E-state index contributed by atoms with van der Waals surface area (Å²) in [6.07, 6.45) is 3.99. The minimum atomic E-state index is -0.885. The van der Waals surface area contributed by atoms with Gasteiger partial charge in [0.2, 0.25) is 0 Å². The number of rotatable bonds is 2. The summed E-state index contributed by atoms with van der Waals surface area (Å²) in [6, 6.07) is 5.16. The van der Waals surface area contributed by atoms with Crippen molar-refractivity contribution < 1.29 is 14.3 Å². The summed E-state index contributed by atoms with van der Waals surface area (Å²) in [5.41, 5.74) is 2.09. The molecular formula is C12H10O3. The Morgan fingerprint density at radius 1 is 1.40 bits per heavy atom. The third-order valence-electron chi connectivity index (χ3n) is 2.88. The van der Waals surface area contributed by atoms with Crippen molar-refractivity contribution in [2.75, 3.05) is 0 Å². The molecule has 0 unspecified atom stereocenters. The van der Waals surface area contributed by atoms with Gasteiger partial charge in [-0.3, -0.25) is 0 Å². The lowest BCUT2D eigenvalue weighted by Crippen LogP contribution is -1.97. The van der Waals surface area contributed by atoms with E-state index in [0.717, 1.165) is 23.8 Å². The van der Waals surface area contributed by atoms with Gasteiger partial charge in [-0.2, -0.15) is 0 Å². The first-order chi connectivity index (χ1) is 7.27. The monoisotopic (exact) mass is 202 g/mol. The number of hydrogen-bond acceptors (Lipinski definition) is 2. The standard InChI is InChI=1S/C12H10O3/c13-12(14)8-2-1-3-10-11(8)9(6-15-10)7-4-5-7/h1-3,6-7H,4-5H2,(H,13,14). The predicted octanol–water partition coefficient (Wildman–Crippen LogP) is 3.01. The Bertz CT molecular complexity index is 535. The van der Waals surface area contributed by atoms with Crippen LogP contribution in [0, 0.1) is 0 Å². The van der Waals surface area contributed by atoms with Gasteiger partial charge in [-0.15, -0.1) is 0 Å². The van der Waals surface area contributed by atoms with E-state index in [4.69, 9.17) is 9.52 Å². The molecular weight excluding hydrogens is 192 g/mol. The van der Waals surface area contributed by atoms with Gasteiger partial charge >= 0.3 is 5.97 Å². The van der Waals surface area contributed by atoms with Crippen molar-refractivity contribution in [1.82, 2.24) is 0 Å². The molecule has 0 radical (unpaired) electrons. The topological polar surface area (TPSA) is 50.4 Å². The Morgan fingerprint density at radius 2 is 2.20 bits per heavy atom. The third-order valence-corrected chi connectivity index (χ3v) is 2.88. The largest absolute Gasteiger partial charge is 0.478 e. The van der Waals surface area contributed by atoms with Crippen LogP contribution in [-0.2, 0) is 0 Å². The van der Waals surface area contributed by atoms with E-state index >= 15 is 0 Å². The van der Waals surface area contributed by atoms with Gasteiger partial charge in [-0.1, -0.05) is 6.07 Å². The zero-order chi connectivity index (χ0) is 10.4. The van der Waals surface area contributed by atoms with Crippen LogP contribution in [0.15, 0.2) is 28.9 Å². The number of carbonyl (C=O) groups is 1. The molecule has 1 saturated carbocycles. The highest BCUT2D eigenvalue weighted by atomic mass is 16.4. The van der Waals surface area contributed by atoms with E-state index in [9.17, 15) is 4.79 Å². The third kappa shape index (κ3) is 1.23. The minimum absolute atomic E-state index is 0.350. The van der Waals surface area contributed by atoms with Gasteiger partial charge in [-0.05, 0) is 30.9 Å². The maximum Gasteiger partial charge on any atom is 0.336 e. The van der Waals surface area contributed by atoms with Crippen LogP contribution in [0.2, 0.25) is 0 Å². The molecule has 0 aliphatic heterocycles. The second-order valence-corrected chi connectivity index (χ2v) is 3.95. The van der Waals surface area contributed by atoms with E-state index in [1.54, 1.807) is 18.4 Å². The van der Waals surface area contributed by atoms with Gasteiger partial charge < -0.3 is 9.52 Å². The SMILES string of the molecule is O=C(O)c1cccc2occ(C3CC3)c12. The lowest BCUT2D eigenvalue weighted by Gasteiger charge is -1.98. The molecule has 1 aromatic heterocycles. The summed E-state index contributed by atoms with van der Waals surface area (Å²) in [6.45, 7) is 0. The summed E-state index contributed by atoms with van der Waals surface area (Å²) in [5, 5.41) is 9.87. The highest BCUT2D eigenvalue weighted by Crippen LogP contribution is 2.44. The van der Waals surface area contributed by atoms with E-state index < -0.39 is 5.97 Å². The Labute approximate surface area is 86.3 Å². The average Bonchev–Trinajstić information content (AvgIpc) is 2.97. The van der Waals surface area contributed by atoms with Gasteiger partial charge in [0, 0.05) is 10.9 Å². The molecule has 15 heavy (non-hydrogen) atoms. The van der Waals surface area contributed by atoms with Crippen LogP contribution in [0.25, 0.3) is 11.0 Å². The fourth-order valence-corrected chi connectivity index (χ4v) is 1.99. The van der Waals surface area contributed by atoms with E-state index in [1.165, 1.54) is 0 Å². The average molecular weight is 202 g/mol. The summed E-state index contributed by atoms with van der Waals surface area (Å²) in [7, 11) is 0. The number of fused-ring (bicyclic) bond motifs is 1. The Morgan fingerprint density at radius 3 is 2.87 bits per heavy atom. The summed E-state index contributed by atoms with van der Waals surface area (Å²) in [4.78, 5) is 11.1. The fourth-order valence-electron chi connectivity index (χ4n) is 1.99. The second-order valence-electron chi connectivity index (χ2n) is 3.95. The van der Waals surface area contributed by atoms with Crippen molar-refractivity contribution in [2.45, 2.75) is 18.8 Å². The van der Waals surface area contributed by atoms with Crippen molar-refractivity contribution in [1.29, 1.82) is 0 Å². The first-order valence-electron chi connectivity index (χ1n) is 5.01. The van der Waals surface area contributed by atoms with Gasteiger partial charge in [0.05, 0.1) is 11.8 Å². The molecule has 0 bridgehead atoms. The fraction of sp³-hybridized carbons (Fsp3) is 0.250. The molecule has 76 valence electrons. The van der Waals surface area contributed by atoms with Gasteiger partial charge in [0.15, 0.2) is 0 Å². The van der Waals surface area contributed by atoms with E-state index in [0.29, 0.717) is 17.1 Å². The number of benzene rings is 1. The van der Waals surface area contributed by atoms with Crippen LogP contribution in [-0.4, -0.2) is 11.1 Å². The zero-order valence-corrected chi connectivity index (χ0v) is 8.06. The number of carboxylic acid groups (broad SMARTS) is 1. The van der Waals surface area contributed by atoms with E-state index in [-0.39, 0.29) is 0 Å². The quantitative estimate of drug-likeness (QED) is 0.814. The van der Waals surface area contributed by atoms with Crippen LogP contribution in [0.4, 0.5) is 0 Å². The van der Waals surface area contributed by atoms with Crippen molar-refractivity contribution in [2.24, 2.45) is 0 Å². The van der Waals surface area contributed by atoms with Crippen molar-refractivity contribution >= 4 is 16.9 Å². The van der Waals surface area contributed by atoms with Gasteiger partial charge in [-0.25, -0.2) is 4.79 Å². The van der Waals surface area contributed by atoms with Crippen molar-refractivity contribution in [3.8, 4) is 0 Å². The number of hydrogen-bond donors (Lipinski definition) is 1. The maximum absolute atomic E-state index is 11.1. The van der Waals surface area contributed by atoms with Crippen molar-refractivity contribution in [3.63, 3.8) is 0 Å². The predicted molar refractivity (Wildman–Crippen MR) is 55.1 cm³/mol. The molecule has 2 aromatic rings. The van der Waals surface area contributed by atoms with Crippen LogP contribution in [0.3, 0.4) is 0 Å². The maximum atomic E-state index is 11.1. The number of aromatic carboxylic acids is 1. The Kier molecular flexibility index (Phi) is 1.63. The lowest BCUT2D eigenvalue weighted by atomic mass is 10.0. The smallest absolute Gasteiger partial charge is 0.336 e. The molecule has 3 heteroatoms. The normalized spacial score (nSPS) is 15.7. The Hall–Kier alpha value is -1.77. The minimum Gasteiger partial charge on any atom is -0.478 e. The highest BCUT2D eigenvalue weighted by molar-refractivity contribution is 6.03. The second kappa shape index (κ2) is 2.86. The molecule has 0 atom stereocenters. The summed E-state index contributed by atoms with van der Waals surface area (Å²) >= 11 is 0. The number of carboxylic acids is 1. The van der Waals surface area contributed by atoms with Crippen molar-refractivity contribution in [3.05, 3.63) is 35.6 Å². The molecule has 3 nitrogen and oxygen atoms in total. The molecule has 1 fully saturated rings. The molecule has 1 aromatic carbocycles. The first kappa shape index (κ1) is 8.53. The summed E-state index contributed by atoms with van der Waals surface area (Å²) < 4.78 is 5.38. The summed E-state index contributed by atoms with van der Waals surface area (Å²) in [5.74, 6) is -0.379. The molecule has 0 amide bonds. The number of furan rings is 1. The zero-order valence-electron chi connectivity index (χ0n) is 8.06. The molecule has 1 aliphatic rings. The molecule has 0 saturated heterocycles. The molecule has 1 aliphatic carbocycles. The van der Waals surface area contributed by atoms with Gasteiger partial charge in [0.25, 0.3) is 0 Å². The first-order valence-corrected chi connectivity index (χ1v) is 5.01. The van der Waals surface area contributed by atoms with E-state index in [1.807, 2.05) is 6.07 Å². The molecule has 0 spiro atoms. The lowest BCUT2D eigenvalue weighted by molar-refractivity contribution is 0.0699. The van der Waals surface area contributed by atoms with Gasteiger partial charge in [0.1, 0.15) is 5.58 Å². The van der Waals surface area contributed by atoms with Crippen LogP contribution in [0.5, 0.6) is 0 Å². The molecule has 3 rings (SSSR count).